The molecule has 0 heterocycles. The molecule has 81 heavy (non-hydrogen) atoms. The van der Waals surface area contributed by atoms with Crippen LogP contribution in [0, 0.1) is 0 Å². The molecule has 466 valence electrons. The van der Waals surface area contributed by atoms with Crippen molar-refractivity contribution in [3.05, 3.63) is 109 Å². The van der Waals surface area contributed by atoms with Crippen LogP contribution in [0.3, 0.4) is 0 Å². The Labute approximate surface area is 500 Å². The van der Waals surface area contributed by atoms with E-state index in [1.165, 1.54) is 103 Å². The van der Waals surface area contributed by atoms with Gasteiger partial charge in [0, 0.05) is 12.8 Å². The van der Waals surface area contributed by atoms with Crippen molar-refractivity contribution in [3.63, 3.8) is 0 Å². The monoisotopic (exact) mass is 1150 g/mol. The minimum Gasteiger partial charge on any atom is -0.756 e. The van der Waals surface area contributed by atoms with Gasteiger partial charge in [-0.1, -0.05) is 259 Å². The molecule has 0 fully saturated rings. The first-order chi connectivity index (χ1) is 39.4. The molecule has 0 aliphatic rings. The Morgan fingerprint density at radius 1 is 0.444 bits per heavy atom. The van der Waals surface area contributed by atoms with Crippen molar-refractivity contribution >= 4 is 19.7 Å². The summed E-state index contributed by atoms with van der Waals surface area (Å²) in [6, 6.07) is -0.905. The summed E-state index contributed by atoms with van der Waals surface area (Å²) in [4.78, 5) is 40.1. The number of rotatable bonds is 59. The van der Waals surface area contributed by atoms with Gasteiger partial charge in [0.25, 0.3) is 7.82 Å². The first-order valence-electron chi connectivity index (χ1n) is 33.2. The molecule has 9 nitrogen and oxygen atoms in total. The lowest BCUT2D eigenvalue weighted by Gasteiger charge is -2.30. The summed E-state index contributed by atoms with van der Waals surface area (Å²) < 4.78 is 30.4. The molecule has 0 aliphatic heterocycles. The van der Waals surface area contributed by atoms with Gasteiger partial charge in [-0.05, 0) is 115 Å². The molecule has 3 atom stereocenters. The molecule has 0 saturated heterocycles. The Morgan fingerprint density at radius 2 is 0.790 bits per heavy atom. The zero-order chi connectivity index (χ0) is 59.3. The second kappa shape index (κ2) is 59.8. The third kappa shape index (κ3) is 61.1. The van der Waals surface area contributed by atoms with Gasteiger partial charge in [-0.15, -0.1) is 0 Å². The summed E-state index contributed by atoms with van der Waals surface area (Å²) >= 11 is 0. The van der Waals surface area contributed by atoms with Crippen molar-refractivity contribution in [1.29, 1.82) is 0 Å². The smallest absolute Gasteiger partial charge is 0.306 e. The Hall–Kier alpha value is -3.33. The SMILES string of the molecule is CC/C=C\C/C=C\C/C=C\C/C=C\C/C=C\C/C=C\CCCCCCCCC(=O)NC(COP(=O)([O-])OCC[N+](C)(C)C)C(/C=C\CCCCCCCCCCC)OC(=O)CCCCCCCCCCC/C=C\C/C=C\CCCCC. The summed E-state index contributed by atoms with van der Waals surface area (Å²) in [5.74, 6) is -0.566. The topological polar surface area (TPSA) is 114 Å². The zero-order valence-corrected chi connectivity index (χ0v) is 54.1. The van der Waals surface area contributed by atoms with Gasteiger partial charge in [0.15, 0.2) is 0 Å². The molecule has 0 bridgehead atoms. The van der Waals surface area contributed by atoms with Crippen molar-refractivity contribution < 1.29 is 37.3 Å². The Kier molecular flexibility index (Phi) is 57.4. The second-order valence-corrected chi connectivity index (χ2v) is 24.6. The number of carbonyl (C=O) groups is 2. The van der Waals surface area contributed by atoms with Gasteiger partial charge in [0.05, 0.1) is 33.8 Å². The standard InChI is InChI=1S/C71H125N2O7P/c1-7-10-13-16-19-22-25-27-29-31-33-34-35-36-37-38-40-41-43-45-48-51-54-57-60-63-70(74)72-68(67-79-81(76,77)78-66-65-73(4,5)6)69(62-59-56-53-50-47-24-21-18-15-12-9-3)80-71(75)64-61-58-55-52-49-46-44-42-39-32-30-28-26-23-20-17-14-11-8-2/h10,13,19-20,22-23,27-30,33-34,36-37,40-41,59,62,68-69H,7-9,11-12,14-18,21,24-26,31-32,35,38-39,42-58,60-61,63-67H2,1-6H3,(H-,72,74,76,77)/b13-10-,22-19-,23-20-,29-27-,30-28-,34-33-,37-36-,41-40-,62-59-. The van der Waals surface area contributed by atoms with E-state index in [9.17, 15) is 19.0 Å². The lowest BCUT2D eigenvalue weighted by molar-refractivity contribution is -0.870. The summed E-state index contributed by atoms with van der Waals surface area (Å²) in [7, 11) is 1.16. The second-order valence-electron chi connectivity index (χ2n) is 23.2. The number of hydrogen-bond donors (Lipinski definition) is 1. The van der Waals surface area contributed by atoms with E-state index in [1.54, 1.807) is 0 Å². The van der Waals surface area contributed by atoms with Crippen molar-refractivity contribution in [2.24, 2.45) is 0 Å². The molecule has 0 saturated carbocycles. The number of ether oxygens (including phenoxy) is 1. The van der Waals surface area contributed by atoms with E-state index < -0.39 is 26.6 Å². The fourth-order valence-electron chi connectivity index (χ4n) is 9.08. The number of carbonyl (C=O) groups excluding carboxylic acids is 2. The van der Waals surface area contributed by atoms with E-state index in [-0.39, 0.29) is 24.9 Å². The minimum atomic E-state index is -4.71. The maximum absolute atomic E-state index is 13.6. The number of likely N-dealkylation sites (N-methyl/N-ethyl adjacent to an activating group) is 1. The van der Waals surface area contributed by atoms with Gasteiger partial charge >= 0.3 is 5.97 Å². The van der Waals surface area contributed by atoms with E-state index in [2.05, 4.69) is 123 Å². The van der Waals surface area contributed by atoms with Crippen LogP contribution in [-0.4, -0.2) is 69.4 Å². The number of hydrogen-bond acceptors (Lipinski definition) is 7. The highest BCUT2D eigenvalue weighted by molar-refractivity contribution is 7.45. The molecule has 1 N–H and O–H groups in total. The van der Waals surface area contributed by atoms with Crippen LogP contribution in [-0.2, 0) is 27.9 Å². The molecule has 1 amide bonds. The summed E-state index contributed by atoms with van der Waals surface area (Å²) in [5.41, 5.74) is 0. The van der Waals surface area contributed by atoms with Crippen LogP contribution >= 0.6 is 7.82 Å². The number of unbranched alkanes of at least 4 members (excludes halogenated alkanes) is 27. The molecule has 0 radical (unpaired) electrons. The number of quaternary nitrogens is 1. The van der Waals surface area contributed by atoms with Crippen LogP contribution in [0.15, 0.2) is 109 Å². The van der Waals surface area contributed by atoms with Gasteiger partial charge in [-0.25, -0.2) is 0 Å². The van der Waals surface area contributed by atoms with Crippen molar-refractivity contribution in [2.45, 2.75) is 290 Å². The number of phosphoric acid groups is 1. The molecule has 10 heteroatoms. The summed E-state index contributed by atoms with van der Waals surface area (Å²) in [6.07, 6.45) is 82.0. The van der Waals surface area contributed by atoms with Crippen LogP contribution in [0.25, 0.3) is 0 Å². The Morgan fingerprint density at radius 3 is 1.21 bits per heavy atom. The predicted molar refractivity (Wildman–Crippen MR) is 348 cm³/mol. The zero-order valence-electron chi connectivity index (χ0n) is 53.2. The average molecular weight is 1150 g/mol. The van der Waals surface area contributed by atoms with E-state index >= 15 is 0 Å². The fraction of sp³-hybridized carbons (Fsp3) is 0.718. The lowest BCUT2D eigenvalue weighted by Crippen LogP contribution is -2.47. The molecule has 0 spiro atoms. The largest absolute Gasteiger partial charge is 0.756 e. The molecule has 3 unspecified atom stereocenters. The lowest BCUT2D eigenvalue weighted by atomic mass is 10.0. The summed E-state index contributed by atoms with van der Waals surface area (Å²) in [5, 5.41) is 3.02. The van der Waals surface area contributed by atoms with Gasteiger partial charge in [0.2, 0.25) is 5.91 Å². The van der Waals surface area contributed by atoms with Crippen LogP contribution in [0.1, 0.15) is 278 Å². The Bertz CT molecular complexity index is 1750. The summed E-state index contributed by atoms with van der Waals surface area (Å²) in [6.45, 7) is 6.69. The number of phosphoric ester groups is 1. The number of nitrogens with zero attached hydrogens (tertiary/aromatic N) is 1. The van der Waals surface area contributed by atoms with Gasteiger partial charge in [-0.2, -0.15) is 0 Å². The van der Waals surface area contributed by atoms with Gasteiger partial charge < -0.3 is 28.5 Å². The quantitative estimate of drug-likeness (QED) is 0.0212. The van der Waals surface area contributed by atoms with Crippen LogP contribution in [0.2, 0.25) is 0 Å². The van der Waals surface area contributed by atoms with Gasteiger partial charge in [-0.3, -0.25) is 14.2 Å². The molecular weight excluding hydrogens is 1020 g/mol. The number of esters is 1. The molecule has 0 aromatic carbocycles. The maximum Gasteiger partial charge on any atom is 0.306 e. The highest BCUT2D eigenvalue weighted by Crippen LogP contribution is 2.38. The van der Waals surface area contributed by atoms with Crippen LogP contribution in [0.4, 0.5) is 0 Å². The first kappa shape index (κ1) is 77.7. The minimum absolute atomic E-state index is 0.0313. The van der Waals surface area contributed by atoms with Crippen LogP contribution in [0.5, 0.6) is 0 Å². The third-order valence-corrected chi connectivity index (χ3v) is 15.2. The molecule has 0 rings (SSSR count). The average Bonchev–Trinajstić information content (AvgIpc) is 3.44. The molecule has 0 aromatic rings. The fourth-order valence-corrected chi connectivity index (χ4v) is 9.81. The highest BCUT2D eigenvalue weighted by Gasteiger charge is 2.27. The van der Waals surface area contributed by atoms with Crippen molar-refractivity contribution in [2.75, 3.05) is 40.9 Å². The van der Waals surface area contributed by atoms with Gasteiger partial charge in [0.1, 0.15) is 19.3 Å². The van der Waals surface area contributed by atoms with E-state index in [4.69, 9.17) is 13.8 Å². The van der Waals surface area contributed by atoms with E-state index in [0.29, 0.717) is 17.4 Å². The molecule has 0 aromatic heterocycles. The number of amides is 1. The maximum atomic E-state index is 13.6. The predicted octanol–water partition coefficient (Wildman–Crippen LogP) is 20.3. The third-order valence-electron chi connectivity index (χ3n) is 14.2. The first-order valence-corrected chi connectivity index (χ1v) is 34.7. The number of allylic oxidation sites excluding steroid dienone is 17. The molecular formula is C71H125N2O7P. The van der Waals surface area contributed by atoms with Crippen molar-refractivity contribution in [1.82, 2.24) is 5.32 Å². The Balaban J connectivity index is 5.16. The normalized spacial score (nSPS) is 14.3. The van der Waals surface area contributed by atoms with Crippen LogP contribution < -0.4 is 10.2 Å². The van der Waals surface area contributed by atoms with E-state index in [0.717, 1.165) is 141 Å². The number of nitrogens with one attached hydrogen (secondary N) is 1. The molecule has 0 aliphatic carbocycles. The van der Waals surface area contributed by atoms with E-state index in [1.807, 2.05) is 33.3 Å². The van der Waals surface area contributed by atoms with Crippen molar-refractivity contribution in [3.8, 4) is 0 Å². The highest BCUT2D eigenvalue weighted by atomic mass is 31.2.